The molecule has 0 bridgehead atoms. The van der Waals surface area contributed by atoms with Crippen LogP contribution < -0.4 is 4.74 Å². The standard InChI is InChI=1S/C14H17FN2O2/c1-3-17(9-11(2)8-16)14(18)10-19-13-6-4-12(15)5-7-13/h4-7,11H,3,9-10H2,1-2H3. The smallest absolute Gasteiger partial charge is 0.260 e. The van der Waals surface area contributed by atoms with Gasteiger partial charge in [-0.2, -0.15) is 5.26 Å². The van der Waals surface area contributed by atoms with Crippen molar-refractivity contribution in [3.63, 3.8) is 0 Å². The minimum absolute atomic E-state index is 0.113. The molecule has 0 aliphatic rings. The highest BCUT2D eigenvalue weighted by molar-refractivity contribution is 5.77. The van der Waals surface area contributed by atoms with E-state index in [0.29, 0.717) is 18.8 Å². The number of nitriles is 1. The van der Waals surface area contributed by atoms with Gasteiger partial charge >= 0.3 is 0 Å². The summed E-state index contributed by atoms with van der Waals surface area (Å²) in [5, 5.41) is 8.74. The Morgan fingerprint density at radius 2 is 2.11 bits per heavy atom. The molecule has 1 atom stereocenters. The van der Waals surface area contributed by atoms with Crippen LogP contribution in [0, 0.1) is 23.1 Å². The van der Waals surface area contributed by atoms with E-state index in [4.69, 9.17) is 10.00 Å². The van der Waals surface area contributed by atoms with Crippen molar-refractivity contribution in [2.75, 3.05) is 19.7 Å². The van der Waals surface area contributed by atoms with E-state index in [0.717, 1.165) is 0 Å². The number of amides is 1. The lowest BCUT2D eigenvalue weighted by molar-refractivity contribution is -0.133. The van der Waals surface area contributed by atoms with Crippen LogP contribution in [-0.2, 0) is 4.79 Å². The van der Waals surface area contributed by atoms with Crippen LogP contribution in [0.5, 0.6) is 5.75 Å². The third-order valence-electron chi connectivity index (χ3n) is 2.63. The Hall–Kier alpha value is -2.09. The largest absolute Gasteiger partial charge is 0.484 e. The Morgan fingerprint density at radius 3 is 2.63 bits per heavy atom. The SMILES string of the molecule is CCN(CC(C)C#N)C(=O)COc1ccc(F)cc1. The number of carbonyl (C=O) groups is 1. The van der Waals surface area contributed by atoms with E-state index in [-0.39, 0.29) is 24.2 Å². The number of likely N-dealkylation sites (N-methyl/N-ethyl adjacent to an activating group) is 1. The molecule has 0 aliphatic heterocycles. The number of benzene rings is 1. The Kier molecular flexibility index (Phi) is 5.80. The van der Waals surface area contributed by atoms with Crippen molar-refractivity contribution >= 4 is 5.91 Å². The van der Waals surface area contributed by atoms with Crippen molar-refractivity contribution in [2.24, 2.45) is 5.92 Å². The molecular formula is C14H17FN2O2. The number of rotatable bonds is 6. The maximum Gasteiger partial charge on any atom is 0.260 e. The van der Waals surface area contributed by atoms with Crippen molar-refractivity contribution < 1.29 is 13.9 Å². The highest BCUT2D eigenvalue weighted by Gasteiger charge is 2.15. The van der Waals surface area contributed by atoms with E-state index in [1.54, 1.807) is 11.8 Å². The molecule has 19 heavy (non-hydrogen) atoms. The molecule has 0 saturated heterocycles. The molecule has 102 valence electrons. The first-order chi connectivity index (χ1) is 9.06. The predicted molar refractivity (Wildman–Crippen MR) is 68.9 cm³/mol. The molecule has 0 fully saturated rings. The molecule has 0 spiro atoms. The summed E-state index contributed by atoms with van der Waals surface area (Å²) in [5.74, 6) is -0.306. The molecule has 0 aliphatic carbocycles. The molecule has 0 aromatic heterocycles. The average Bonchev–Trinajstić information content (AvgIpc) is 2.43. The summed E-state index contributed by atoms with van der Waals surface area (Å²) in [7, 11) is 0. The number of nitrogens with zero attached hydrogens (tertiary/aromatic N) is 2. The van der Waals surface area contributed by atoms with E-state index in [9.17, 15) is 9.18 Å². The summed E-state index contributed by atoms with van der Waals surface area (Å²) < 4.78 is 18.0. The summed E-state index contributed by atoms with van der Waals surface area (Å²) in [4.78, 5) is 13.5. The third-order valence-corrected chi connectivity index (χ3v) is 2.63. The Morgan fingerprint density at radius 1 is 1.47 bits per heavy atom. The lowest BCUT2D eigenvalue weighted by Gasteiger charge is -2.21. The molecule has 0 saturated carbocycles. The zero-order chi connectivity index (χ0) is 14.3. The van der Waals surface area contributed by atoms with E-state index >= 15 is 0 Å². The van der Waals surface area contributed by atoms with Gasteiger partial charge in [-0.25, -0.2) is 4.39 Å². The fourth-order valence-electron chi connectivity index (χ4n) is 1.55. The van der Waals surface area contributed by atoms with Crippen LogP contribution in [0.25, 0.3) is 0 Å². The van der Waals surface area contributed by atoms with E-state index < -0.39 is 0 Å². The summed E-state index contributed by atoms with van der Waals surface area (Å²) in [6.07, 6.45) is 0. The van der Waals surface area contributed by atoms with Gasteiger partial charge in [-0.1, -0.05) is 0 Å². The third kappa shape index (κ3) is 4.96. The first-order valence-corrected chi connectivity index (χ1v) is 6.12. The molecule has 0 heterocycles. The number of ether oxygens (including phenoxy) is 1. The first-order valence-electron chi connectivity index (χ1n) is 6.12. The van der Waals surface area contributed by atoms with E-state index in [1.165, 1.54) is 24.3 Å². The second-order valence-electron chi connectivity index (χ2n) is 4.21. The normalized spacial score (nSPS) is 11.5. The molecule has 4 nitrogen and oxygen atoms in total. The number of hydrogen-bond acceptors (Lipinski definition) is 3. The van der Waals surface area contributed by atoms with Crippen molar-refractivity contribution in [1.82, 2.24) is 4.90 Å². The average molecular weight is 264 g/mol. The second-order valence-corrected chi connectivity index (χ2v) is 4.21. The summed E-state index contributed by atoms with van der Waals surface area (Å²) in [6.45, 7) is 4.41. The maximum atomic E-state index is 12.7. The van der Waals surface area contributed by atoms with Gasteiger partial charge in [0.25, 0.3) is 5.91 Å². The summed E-state index contributed by atoms with van der Waals surface area (Å²) in [5.41, 5.74) is 0. The number of halogens is 1. The molecule has 0 N–H and O–H groups in total. The van der Waals surface area contributed by atoms with Gasteiger partial charge in [0.1, 0.15) is 11.6 Å². The molecule has 1 amide bonds. The molecule has 0 radical (unpaired) electrons. The molecular weight excluding hydrogens is 247 g/mol. The minimum atomic E-state index is -0.350. The van der Waals surface area contributed by atoms with Gasteiger partial charge in [0, 0.05) is 13.1 Å². The highest BCUT2D eigenvalue weighted by Crippen LogP contribution is 2.11. The highest BCUT2D eigenvalue weighted by atomic mass is 19.1. The van der Waals surface area contributed by atoms with Crippen LogP contribution in [0.15, 0.2) is 24.3 Å². The number of hydrogen-bond donors (Lipinski definition) is 0. The van der Waals surface area contributed by atoms with Gasteiger partial charge in [-0.05, 0) is 38.1 Å². The Bertz CT molecular complexity index is 454. The first kappa shape index (κ1) is 15.0. The Balaban J connectivity index is 2.49. The van der Waals surface area contributed by atoms with Gasteiger partial charge < -0.3 is 9.64 Å². The van der Waals surface area contributed by atoms with Gasteiger partial charge in [0.05, 0.1) is 12.0 Å². The van der Waals surface area contributed by atoms with Crippen LogP contribution in [0.2, 0.25) is 0 Å². The summed E-state index contributed by atoms with van der Waals surface area (Å²) >= 11 is 0. The zero-order valence-corrected chi connectivity index (χ0v) is 11.1. The van der Waals surface area contributed by atoms with Crippen LogP contribution in [0.1, 0.15) is 13.8 Å². The van der Waals surface area contributed by atoms with Gasteiger partial charge in [-0.15, -0.1) is 0 Å². The van der Waals surface area contributed by atoms with Gasteiger partial charge in [0.15, 0.2) is 6.61 Å². The molecule has 1 aromatic carbocycles. The molecule has 1 rings (SSSR count). The second kappa shape index (κ2) is 7.37. The van der Waals surface area contributed by atoms with Crippen LogP contribution >= 0.6 is 0 Å². The molecule has 1 unspecified atom stereocenters. The van der Waals surface area contributed by atoms with E-state index in [2.05, 4.69) is 6.07 Å². The lowest BCUT2D eigenvalue weighted by Crippen LogP contribution is -2.37. The molecule has 1 aromatic rings. The van der Waals surface area contributed by atoms with Crippen molar-refractivity contribution in [1.29, 1.82) is 5.26 Å². The zero-order valence-electron chi connectivity index (χ0n) is 11.1. The van der Waals surface area contributed by atoms with Crippen LogP contribution in [0.3, 0.4) is 0 Å². The van der Waals surface area contributed by atoms with E-state index in [1.807, 2.05) is 6.92 Å². The predicted octanol–water partition coefficient (Wildman–Crippen LogP) is 2.21. The van der Waals surface area contributed by atoms with Crippen LogP contribution in [0.4, 0.5) is 4.39 Å². The summed E-state index contributed by atoms with van der Waals surface area (Å²) in [6, 6.07) is 7.57. The number of carbonyl (C=O) groups excluding carboxylic acids is 1. The van der Waals surface area contributed by atoms with Gasteiger partial charge in [0.2, 0.25) is 0 Å². The lowest BCUT2D eigenvalue weighted by atomic mass is 10.2. The van der Waals surface area contributed by atoms with Crippen molar-refractivity contribution in [3.05, 3.63) is 30.1 Å². The fraction of sp³-hybridized carbons (Fsp3) is 0.429. The minimum Gasteiger partial charge on any atom is -0.484 e. The van der Waals surface area contributed by atoms with Crippen molar-refractivity contribution in [3.8, 4) is 11.8 Å². The Labute approximate surface area is 112 Å². The topological polar surface area (TPSA) is 53.3 Å². The quantitative estimate of drug-likeness (QED) is 0.791. The monoisotopic (exact) mass is 264 g/mol. The molecule has 5 heteroatoms. The van der Waals surface area contributed by atoms with Crippen LogP contribution in [-0.4, -0.2) is 30.5 Å². The fourth-order valence-corrected chi connectivity index (χ4v) is 1.55. The van der Waals surface area contributed by atoms with Gasteiger partial charge in [-0.3, -0.25) is 4.79 Å². The van der Waals surface area contributed by atoms with Crippen molar-refractivity contribution in [2.45, 2.75) is 13.8 Å². The maximum absolute atomic E-state index is 12.7.